The molecule has 0 amide bonds. The normalized spacial score (nSPS) is 11.7. The summed E-state index contributed by atoms with van der Waals surface area (Å²) in [6.45, 7) is 2.28. The minimum atomic E-state index is -0.678. The average molecular weight is 793 g/mol. The molecule has 0 spiro atoms. The van der Waals surface area contributed by atoms with Gasteiger partial charge in [0.15, 0.2) is 0 Å². The van der Waals surface area contributed by atoms with E-state index in [1.165, 1.54) is 186 Å². The number of hydrogen-bond acceptors (Lipinski definition) is 3. The van der Waals surface area contributed by atoms with Crippen molar-refractivity contribution in [3.05, 3.63) is 0 Å². The highest BCUT2D eigenvalue weighted by molar-refractivity contribution is 5.74. The van der Waals surface area contributed by atoms with Crippen LogP contribution in [0, 0.1) is 5.41 Å². The summed E-state index contributed by atoms with van der Waals surface area (Å²) in [7, 11) is 0. The van der Waals surface area contributed by atoms with Crippen LogP contribution in [-0.4, -0.2) is 33.2 Å². The summed E-state index contributed by atoms with van der Waals surface area (Å²) < 4.78 is 0. The third kappa shape index (κ3) is 39.2. The van der Waals surface area contributed by atoms with Crippen molar-refractivity contribution in [1.29, 1.82) is 0 Å². The van der Waals surface area contributed by atoms with Crippen LogP contribution in [0.1, 0.15) is 296 Å². The first kappa shape index (κ1) is 54.4. The van der Waals surface area contributed by atoms with Gasteiger partial charge >= 0.3 is 17.9 Å². The van der Waals surface area contributed by atoms with Gasteiger partial charge in [-0.2, -0.15) is 0 Å². The molecule has 0 aromatic rings. The Morgan fingerprint density at radius 1 is 0.286 bits per heavy atom. The van der Waals surface area contributed by atoms with Crippen LogP contribution in [0.25, 0.3) is 0 Å². The second-order valence-electron chi connectivity index (χ2n) is 17.9. The summed E-state index contributed by atoms with van der Waals surface area (Å²) >= 11 is 0. The highest BCUT2D eigenvalue weighted by atomic mass is 16.4. The van der Waals surface area contributed by atoms with Crippen LogP contribution in [0.2, 0.25) is 0 Å². The van der Waals surface area contributed by atoms with Gasteiger partial charge in [-0.1, -0.05) is 251 Å². The predicted octanol–water partition coefficient (Wildman–Crippen LogP) is 16.8. The van der Waals surface area contributed by atoms with Crippen molar-refractivity contribution in [3.8, 4) is 0 Å². The van der Waals surface area contributed by atoms with Gasteiger partial charge in [0.2, 0.25) is 0 Å². The Morgan fingerprint density at radius 3 is 0.643 bits per heavy atom. The third-order valence-corrected chi connectivity index (χ3v) is 12.6. The zero-order valence-electron chi connectivity index (χ0n) is 37.4. The predicted molar refractivity (Wildman–Crippen MR) is 239 cm³/mol. The molecule has 6 nitrogen and oxygen atoms in total. The SMILES string of the molecule is CCCCCCCCCCCCCCCCC(CCCCCCCCCCCCCCCC(=O)O)(CCCCCCCCCCCCCCCC(=O)O)C(=O)O. The highest BCUT2D eigenvalue weighted by Gasteiger charge is 2.36. The molecule has 0 unspecified atom stereocenters. The van der Waals surface area contributed by atoms with Crippen LogP contribution in [0.3, 0.4) is 0 Å². The van der Waals surface area contributed by atoms with Crippen LogP contribution < -0.4 is 0 Å². The Morgan fingerprint density at radius 2 is 0.464 bits per heavy atom. The average Bonchev–Trinajstić information content (AvgIpc) is 3.17. The van der Waals surface area contributed by atoms with Crippen molar-refractivity contribution in [2.75, 3.05) is 0 Å². The first-order chi connectivity index (χ1) is 27.3. The van der Waals surface area contributed by atoms with Crippen LogP contribution >= 0.6 is 0 Å². The number of carboxylic acid groups (broad SMARTS) is 3. The molecule has 0 aromatic carbocycles. The lowest BCUT2D eigenvalue weighted by Gasteiger charge is -2.30. The van der Waals surface area contributed by atoms with Crippen LogP contribution in [0.15, 0.2) is 0 Å². The van der Waals surface area contributed by atoms with E-state index in [9.17, 15) is 19.5 Å². The summed E-state index contributed by atoms with van der Waals surface area (Å²) in [5.74, 6) is -1.89. The van der Waals surface area contributed by atoms with Crippen molar-refractivity contribution in [1.82, 2.24) is 0 Å². The lowest BCUT2D eigenvalue weighted by molar-refractivity contribution is -0.151. The van der Waals surface area contributed by atoms with Gasteiger partial charge in [-0.05, 0) is 32.1 Å². The highest BCUT2D eigenvalue weighted by Crippen LogP contribution is 2.38. The molecule has 0 radical (unpaired) electrons. The van der Waals surface area contributed by atoms with E-state index in [4.69, 9.17) is 10.2 Å². The second kappa shape index (κ2) is 43.0. The van der Waals surface area contributed by atoms with Crippen LogP contribution in [-0.2, 0) is 14.4 Å². The standard InChI is InChI=1S/C50H96O6/c1-2-3-4-5-6-7-8-9-14-19-24-29-34-39-44-50(49(55)56,45-40-35-30-25-20-15-10-12-17-22-27-32-37-42-47(51)52)46-41-36-31-26-21-16-11-13-18-23-28-33-38-43-48(53)54/h2-46H2,1H3,(H,51,52)(H,53,54)(H,55,56). The maximum atomic E-state index is 12.9. The first-order valence-corrected chi connectivity index (χ1v) is 25.0. The number of carboxylic acids is 3. The van der Waals surface area contributed by atoms with Gasteiger partial charge in [0.05, 0.1) is 5.41 Å². The fourth-order valence-corrected chi connectivity index (χ4v) is 8.72. The summed E-state index contributed by atoms with van der Waals surface area (Å²) in [6, 6.07) is 0. The Hall–Kier alpha value is -1.59. The lowest BCUT2D eigenvalue weighted by atomic mass is 9.74. The summed E-state index contributed by atoms with van der Waals surface area (Å²) in [5, 5.41) is 28.1. The Labute approximate surface area is 347 Å². The number of aliphatic carboxylic acids is 3. The summed E-state index contributed by atoms with van der Waals surface area (Å²) in [5.41, 5.74) is -0.529. The van der Waals surface area contributed by atoms with E-state index in [1.807, 2.05) is 0 Å². The number of hydrogen-bond donors (Lipinski definition) is 3. The molecular formula is C50H96O6. The molecule has 0 fully saturated rings. The van der Waals surface area contributed by atoms with Gasteiger partial charge in [-0.15, -0.1) is 0 Å². The molecule has 0 saturated carbocycles. The second-order valence-corrected chi connectivity index (χ2v) is 17.9. The molecular weight excluding hydrogens is 697 g/mol. The Bertz CT molecular complexity index is 812. The number of carbonyl (C=O) groups is 3. The van der Waals surface area contributed by atoms with E-state index in [2.05, 4.69) is 6.92 Å². The van der Waals surface area contributed by atoms with Gasteiger partial charge in [-0.3, -0.25) is 14.4 Å². The number of unbranched alkanes of at least 4 members (excludes halogenated alkanes) is 37. The minimum Gasteiger partial charge on any atom is -0.481 e. The van der Waals surface area contributed by atoms with E-state index < -0.39 is 23.3 Å². The van der Waals surface area contributed by atoms with E-state index in [-0.39, 0.29) is 0 Å². The maximum absolute atomic E-state index is 12.9. The molecule has 0 aliphatic rings. The number of rotatable bonds is 48. The summed E-state index contributed by atoms with van der Waals surface area (Å²) in [4.78, 5) is 34.1. The molecule has 0 bridgehead atoms. The maximum Gasteiger partial charge on any atom is 0.309 e. The largest absolute Gasteiger partial charge is 0.481 e. The first-order valence-electron chi connectivity index (χ1n) is 25.0. The zero-order chi connectivity index (χ0) is 41.1. The van der Waals surface area contributed by atoms with Crippen molar-refractivity contribution in [2.24, 2.45) is 5.41 Å². The molecule has 0 aliphatic carbocycles. The van der Waals surface area contributed by atoms with Crippen LogP contribution in [0.5, 0.6) is 0 Å². The van der Waals surface area contributed by atoms with Gasteiger partial charge in [0.1, 0.15) is 0 Å². The summed E-state index contributed by atoms with van der Waals surface area (Å²) in [6.07, 6.45) is 52.6. The van der Waals surface area contributed by atoms with Gasteiger partial charge in [0.25, 0.3) is 0 Å². The minimum absolute atomic E-state index is 0.307. The molecule has 332 valence electrons. The van der Waals surface area contributed by atoms with Crippen molar-refractivity contribution < 1.29 is 29.7 Å². The lowest BCUT2D eigenvalue weighted by Crippen LogP contribution is -2.31. The molecule has 3 N–H and O–H groups in total. The molecule has 0 aliphatic heterocycles. The van der Waals surface area contributed by atoms with E-state index >= 15 is 0 Å². The van der Waals surface area contributed by atoms with E-state index in [1.54, 1.807) is 0 Å². The van der Waals surface area contributed by atoms with Crippen molar-refractivity contribution in [2.45, 2.75) is 296 Å². The van der Waals surface area contributed by atoms with Gasteiger partial charge in [0, 0.05) is 12.8 Å². The van der Waals surface area contributed by atoms with Crippen molar-refractivity contribution >= 4 is 17.9 Å². The molecule has 0 heterocycles. The topological polar surface area (TPSA) is 112 Å². The van der Waals surface area contributed by atoms with Gasteiger partial charge in [-0.25, -0.2) is 0 Å². The molecule has 0 aromatic heterocycles. The molecule has 56 heavy (non-hydrogen) atoms. The quantitative estimate of drug-likeness (QED) is 0.0529. The molecule has 6 heteroatoms. The van der Waals surface area contributed by atoms with Gasteiger partial charge < -0.3 is 15.3 Å². The van der Waals surface area contributed by atoms with Crippen molar-refractivity contribution in [3.63, 3.8) is 0 Å². The monoisotopic (exact) mass is 793 g/mol. The fourth-order valence-electron chi connectivity index (χ4n) is 8.72. The van der Waals surface area contributed by atoms with E-state index in [0.717, 1.165) is 89.9 Å². The van der Waals surface area contributed by atoms with Crippen LogP contribution in [0.4, 0.5) is 0 Å². The third-order valence-electron chi connectivity index (χ3n) is 12.6. The molecule has 0 saturated heterocycles. The molecule has 0 atom stereocenters. The Balaban J connectivity index is 4.35. The molecule has 0 rings (SSSR count). The Kier molecular flexibility index (Phi) is 41.8. The van der Waals surface area contributed by atoms with E-state index in [0.29, 0.717) is 12.8 Å². The smallest absolute Gasteiger partial charge is 0.309 e. The zero-order valence-corrected chi connectivity index (χ0v) is 37.4. The fraction of sp³-hybridized carbons (Fsp3) is 0.940.